The molecule has 0 radical (unpaired) electrons. The van der Waals surface area contributed by atoms with Crippen LogP contribution < -0.4 is 0 Å². The minimum absolute atomic E-state index is 0.0765. The van der Waals surface area contributed by atoms with Crippen LogP contribution in [0, 0.1) is 0 Å². The van der Waals surface area contributed by atoms with Crippen molar-refractivity contribution in [3.8, 4) is 0 Å². The quantitative estimate of drug-likeness (QED) is 0.0263. The van der Waals surface area contributed by atoms with Gasteiger partial charge in [0.15, 0.2) is 6.10 Å². The van der Waals surface area contributed by atoms with E-state index < -0.39 is 6.10 Å². The van der Waals surface area contributed by atoms with E-state index in [1.165, 1.54) is 89.9 Å². The SMILES string of the molecule is CC/C=C\C/C=C\C/C=C\C/C=C\C/C=C\C/C=C\CCCCCCCCCCC(=O)OCC(COC(=O)CCCCCCCC)OC(=O)CCCCCCCCCCC. The van der Waals surface area contributed by atoms with Crippen molar-refractivity contribution >= 4 is 17.9 Å². The van der Waals surface area contributed by atoms with Crippen molar-refractivity contribution in [3.63, 3.8) is 0 Å². The van der Waals surface area contributed by atoms with Gasteiger partial charge in [-0.1, -0.05) is 216 Å². The Morgan fingerprint density at radius 1 is 0.350 bits per heavy atom. The van der Waals surface area contributed by atoms with Crippen LogP contribution >= 0.6 is 0 Å². The van der Waals surface area contributed by atoms with Crippen molar-refractivity contribution < 1.29 is 28.6 Å². The van der Waals surface area contributed by atoms with E-state index in [4.69, 9.17) is 14.2 Å². The maximum Gasteiger partial charge on any atom is 0.306 e. The molecule has 1 unspecified atom stereocenters. The lowest BCUT2D eigenvalue weighted by molar-refractivity contribution is -0.167. The standard InChI is InChI=1S/C54H92O6/c1-4-7-10-13-16-18-19-20-21-22-23-24-25-26-27-28-29-30-31-32-33-34-35-37-38-41-44-47-53(56)59-50-51(49-58-52(55)46-43-40-15-12-9-6-3)60-54(57)48-45-42-39-36-17-14-11-8-5-2/h7,10,16,18,20-21,23-24,26-27,29-30,51H,4-6,8-9,11-15,17,19,22,25,28,31-50H2,1-3H3/b10-7-,18-16-,21-20-,24-23-,27-26-,30-29-. The van der Waals surface area contributed by atoms with Gasteiger partial charge in [-0.15, -0.1) is 0 Å². The fourth-order valence-electron chi connectivity index (χ4n) is 6.74. The number of rotatable bonds is 44. The van der Waals surface area contributed by atoms with Gasteiger partial charge < -0.3 is 14.2 Å². The summed E-state index contributed by atoms with van der Waals surface area (Å²) in [7, 11) is 0. The van der Waals surface area contributed by atoms with Crippen LogP contribution in [0.1, 0.15) is 233 Å². The summed E-state index contributed by atoms with van der Waals surface area (Å²) < 4.78 is 16.6. The molecule has 6 nitrogen and oxygen atoms in total. The van der Waals surface area contributed by atoms with Gasteiger partial charge in [0.2, 0.25) is 0 Å². The molecule has 0 amide bonds. The van der Waals surface area contributed by atoms with Gasteiger partial charge in [0.05, 0.1) is 0 Å². The lowest BCUT2D eigenvalue weighted by Crippen LogP contribution is -2.30. The maximum atomic E-state index is 12.6. The van der Waals surface area contributed by atoms with E-state index >= 15 is 0 Å². The lowest BCUT2D eigenvalue weighted by Gasteiger charge is -2.18. The molecule has 0 saturated heterocycles. The van der Waals surface area contributed by atoms with E-state index in [-0.39, 0.29) is 31.1 Å². The second-order valence-electron chi connectivity index (χ2n) is 16.4. The normalized spacial score (nSPS) is 12.7. The molecular weight excluding hydrogens is 745 g/mol. The Kier molecular flexibility index (Phi) is 46.0. The smallest absolute Gasteiger partial charge is 0.306 e. The summed E-state index contributed by atoms with van der Waals surface area (Å²) in [6.45, 7) is 6.43. The van der Waals surface area contributed by atoms with Crippen molar-refractivity contribution in [2.75, 3.05) is 13.2 Å². The molecule has 6 heteroatoms. The molecule has 0 spiro atoms. The van der Waals surface area contributed by atoms with Crippen LogP contribution in [0.15, 0.2) is 72.9 Å². The molecule has 60 heavy (non-hydrogen) atoms. The zero-order valence-electron chi connectivity index (χ0n) is 39.2. The summed E-state index contributed by atoms with van der Waals surface area (Å²) >= 11 is 0. The predicted octanol–water partition coefficient (Wildman–Crippen LogP) is 16.3. The third kappa shape index (κ3) is 45.9. The van der Waals surface area contributed by atoms with E-state index in [0.717, 1.165) is 103 Å². The Hall–Kier alpha value is -3.15. The number of hydrogen-bond acceptors (Lipinski definition) is 6. The van der Waals surface area contributed by atoms with E-state index in [1.54, 1.807) is 0 Å². The van der Waals surface area contributed by atoms with E-state index in [9.17, 15) is 14.4 Å². The number of ether oxygens (including phenoxy) is 3. The van der Waals surface area contributed by atoms with Crippen molar-refractivity contribution in [1.29, 1.82) is 0 Å². The van der Waals surface area contributed by atoms with Crippen LogP contribution in [-0.4, -0.2) is 37.2 Å². The summed E-state index contributed by atoms with van der Waals surface area (Å²) in [4.78, 5) is 37.5. The van der Waals surface area contributed by atoms with Crippen molar-refractivity contribution in [3.05, 3.63) is 72.9 Å². The molecular formula is C54H92O6. The van der Waals surface area contributed by atoms with Crippen molar-refractivity contribution in [2.24, 2.45) is 0 Å². The molecule has 0 aliphatic heterocycles. The van der Waals surface area contributed by atoms with Gasteiger partial charge >= 0.3 is 17.9 Å². The summed E-state index contributed by atoms with van der Waals surface area (Å²) in [6, 6.07) is 0. The third-order valence-electron chi connectivity index (χ3n) is 10.5. The first-order valence-electron chi connectivity index (χ1n) is 24.9. The Morgan fingerprint density at radius 2 is 0.650 bits per heavy atom. The molecule has 0 aliphatic rings. The molecule has 0 N–H and O–H groups in total. The average Bonchev–Trinajstić information content (AvgIpc) is 3.24. The van der Waals surface area contributed by atoms with Gasteiger partial charge in [-0.3, -0.25) is 14.4 Å². The second-order valence-corrected chi connectivity index (χ2v) is 16.4. The number of esters is 3. The number of allylic oxidation sites excluding steroid dienone is 12. The highest BCUT2D eigenvalue weighted by Gasteiger charge is 2.19. The number of unbranched alkanes of at least 4 members (excludes halogenated alkanes) is 21. The second kappa shape index (κ2) is 48.5. The molecule has 0 aliphatic carbocycles. The molecule has 0 rings (SSSR count). The first-order valence-corrected chi connectivity index (χ1v) is 24.9. The van der Waals surface area contributed by atoms with Gasteiger partial charge in [-0.2, -0.15) is 0 Å². The van der Waals surface area contributed by atoms with Crippen LogP contribution in [0.5, 0.6) is 0 Å². The van der Waals surface area contributed by atoms with Crippen LogP contribution in [0.3, 0.4) is 0 Å². The topological polar surface area (TPSA) is 78.9 Å². The molecule has 0 fully saturated rings. The Bertz CT molecular complexity index is 1140. The Balaban J connectivity index is 4.09. The first kappa shape index (κ1) is 56.9. The van der Waals surface area contributed by atoms with Crippen LogP contribution in [0.4, 0.5) is 0 Å². The van der Waals surface area contributed by atoms with Gasteiger partial charge in [-0.05, 0) is 70.6 Å². The number of carbonyl (C=O) groups is 3. The highest BCUT2D eigenvalue weighted by atomic mass is 16.6. The summed E-state index contributed by atoms with van der Waals surface area (Å²) in [5.74, 6) is -0.899. The highest BCUT2D eigenvalue weighted by Crippen LogP contribution is 2.14. The Morgan fingerprint density at radius 3 is 1.02 bits per heavy atom. The number of hydrogen-bond donors (Lipinski definition) is 0. The van der Waals surface area contributed by atoms with Gasteiger partial charge in [-0.25, -0.2) is 0 Å². The molecule has 0 bridgehead atoms. The minimum atomic E-state index is -0.770. The van der Waals surface area contributed by atoms with Crippen LogP contribution in [0.25, 0.3) is 0 Å². The molecule has 0 aromatic rings. The van der Waals surface area contributed by atoms with Crippen LogP contribution in [0.2, 0.25) is 0 Å². The Labute approximate surface area is 370 Å². The summed E-state index contributed by atoms with van der Waals surface area (Å²) in [5, 5.41) is 0. The van der Waals surface area contributed by atoms with Crippen molar-refractivity contribution in [2.45, 2.75) is 239 Å². The first-order chi connectivity index (χ1) is 29.5. The maximum absolute atomic E-state index is 12.6. The monoisotopic (exact) mass is 837 g/mol. The minimum Gasteiger partial charge on any atom is -0.462 e. The zero-order chi connectivity index (χ0) is 43.7. The summed E-state index contributed by atoms with van der Waals surface area (Å²) in [5.41, 5.74) is 0. The fraction of sp³-hybridized carbons (Fsp3) is 0.722. The molecule has 0 aromatic heterocycles. The molecule has 1 atom stereocenters. The third-order valence-corrected chi connectivity index (χ3v) is 10.5. The predicted molar refractivity (Wildman–Crippen MR) is 256 cm³/mol. The zero-order valence-corrected chi connectivity index (χ0v) is 39.2. The van der Waals surface area contributed by atoms with Crippen LogP contribution in [-0.2, 0) is 28.6 Å². The van der Waals surface area contributed by atoms with E-state index in [1.807, 2.05) is 0 Å². The lowest BCUT2D eigenvalue weighted by atomic mass is 10.1. The highest BCUT2D eigenvalue weighted by molar-refractivity contribution is 5.71. The number of carbonyl (C=O) groups excluding carboxylic acids is 3. The molecule has 0 aromatic carbocycles. The molecule has 344 valence electrons. The fourth-order valence-corrected chi connectivity index (χ4v) is 6.74. The van der Waals surface area contributed by atoms with Gasteiger partial charge in [0, 0.05) is 19.3 Å². The van der Waals surface area contributed by atoms with E-state index in [0.29, 0.717) is 19.3 Å². The van der Waals surface area contributed by atoms with E-state index in [2.05, 4.69) is 93.7 Å². The average molecular weight is 837 g/mol. The van der Waals surface area contributed by atoms with Gasteiger partial charge in [0.25, 0.3) is 0 Å². The molecule has 0 saturated carbocycles. The largest absolute Gasteiger partial charge is 0.462 e. The molecule has 0 heterocycles. The summed E-state index contributed by atoms with van der Waals surface area (Å²) in [6.07, 6.45) is 60.6. The van der Waals surface area contributed by atoms with Crippen molar-refractivity contribution in [1.82, 2.24) is 0 Å². The van der Waals surface area contributed by atoms with Gasteiger partial charge in [0.1, 0.15) is 13.2 Å².